The summed E-state index contributed by atoms with van der Waals surface area (Å²) >= 11 is 17.1. The van der Waals surface area contributed by atoms with Gasteiger partial charge in [0.05, 0.1) is 10.0 Å². The van der Waals surface area contributed by atoms with Crippen molar-refractivity contribution in [3.8, 4) is 18.3 Å². The van der Waals surface area contributed by atoms with Crippen molar-refractivity contribution in [3.05, 3.63) is 27.2 Å². The molecule has 0 heterocycles. The van der Waals surface area contributed by atoms with Gasteiger partial charge in [-0.25, -0.2) is 0 Å². The summed E-state index contributed by atoms with van der Waals surface area (Å²) in [5.74, 6) is 0.255. The van der Waals surface area contributed by atoms with Crippen LogP contribution in [0.15, 0.2) is 12.1 Å². The number of hydrogen-bond donors (Lipinski definition) is 0. The third kappa shape index (κ3) is 1.98. The molecular weight excluding hydrogens is 218 g/mol. The summed E-state index contributed by atoms with van der Waals surface area (Å²) < 4.78 is 4.73. The van der Waals surface area contributed by atoms with Crippen LogP contribution in [0.3, 0.4) is 0 Å². The van der Waals surface area contributed by atoms with Gasteiger partial charge in [-0.1, -0.05) is 41.2 Å². The molecule has 0 bridgehead atoms. The zero-order chi connectivity index (χ0) is 9.14. The second-order valence-corrected chi connectivity index (χ2v) is 3.17. The summed E-state index contributed by atoms with van der Waals surface area (Å²) in [5.41, 5.74) is 0. The molecule has 0 atom stereocenters. The maximum atomic E-state index is 5.72. The van der Waals surface area contributed by atoms with Crippen molar-refractivity contribution in [1.29, 1.82) is 0 Å². The van der Waals surface area contributed by atoms with E-state index in [0.717, 1.165) is 0 Å². The van der Waals surface area contributed by atoms with Gasteiger partial charge in [0.25, 0.3) is 0 Å². The normalized spacial score (nSPS) is 9.17. The average molecular weight is 221 g/mol. The van der Waals surface area contributed by atoms with Gasteiger partial charge in [-0.05, 0) is 12.1 Å². The van der Waals surface area contributed by atoms with Gasteiger partial charge in [0, 0.05) is 5.02 Å². The maximum Gasteiger partial charge on any atom is 0.177 e. The topological polar surface area (TPSA) is 9.23 Å². The standard InChI is InChI=1S/C8H3Cl3O/c1-2-12-8-6(10)3-5(9)4-7(8)11/h1,3-4H. The Balaban J connectivity index is 3.21. The van der Waals surface area contributed by atoms with Gasteiger partial charge in [0.2, 0.25) is 0 Å². The number of benzene rings is 1. The molecule has 0 saturated heterocycles. The molecule has 0 amide bonds. The van der Waals surface area contributed by atoms with Crippen LogP contribution in [-0.4, -0.2) is 0 Å². The summed E-state index contributed by atoms with van der Waals surface area (Å²) in [7, 11) is 0. The van der Waals surface area contributed by atoms with Crippen LogP contribution in [0.25, 0.3) is 0 Å². The maximum absolute atomic E-state index is 5.72. The van der Waals surface area contributed by atoms with Crippen molar-refractivity contribution < 1.29 is 4.74 Å². The van der Waals surface area contributed by atoms with E-state index >= 15 is 0 Å². The smallest absolute Gasteiger partial charge is 0.177 e. The molecule has 62 valence electrons. The van der Waals surface area contributed by atoms with Crippen LogP contribution in [0.1, 0.15) is 0 Å². The van der Waals surface area contributed by atoms with Gasteiger partial charge in [-0.2, -0.15) is 0 Å². The van der Waals surface area contributed by atoms with Crippen LogP contribution in [0.5, 0.6) is 5.75 Å². The van der Waals surface area contributed by atoms with E-state index < -0.39 is 0 Å². The van der Waals surface area contributed by atoms with E-state index in [-0.39, 0.29) is 5.75 Å². The average Bonchev–Trinajstić information content (AvgIpc) is 1.96. The van der Waals surface area contributed by atoms with Crippen molar-refractivity contribution in [2.24, 2.45) is 0 Å². The number of rotatable bonds is 1. The summed E-state index contributed by atoms with van der Waals surface area (Å²) in [6.45, 7) is 0. The molecule has 0 fully saturated rings. The molecule has 1 nitrogen and oxygen atoms in total. The lowest BCUT2D eigenvalue weighted by atomic mass is 10.3. The van der Waals surface area contributed by atoms with Crippen molar-refractivity contribution >= 4 is 34.8 Å². The summed E-state index contributed by atoms with van der Waals surface area (Å²) in [4.78, 5) is 0. The molecule has 0 aliphatic heterocycles. The number of ether oxygens (including phenoxy) is 1. The first kappa shape index (κ1) is 9.54. The Labute approximate surface area is 85.2 Å². The first-order chi connectivity index (χ1) is 5.65. The summed E-state index contributed by atoms with van der Waals surface area (Å²) in [6, 6.07) is 3.00. The van der Waals surface area contributed by atoms with E-state index in [1.807, 2.05) is 6.11 Å². The number of halogens is 3. The third-order valence-corrected chi connectivity index (χ3v) is 1.90. The minimum absolute atomic E-state index is 0.255. The largest absolute Gasteiger partial charge is 0.405 e. The lowest BCUT2D eigenvalue weighted by Gasteiger charge is -2.03. The molecule has 0 spiro atoms. The predicted molar refractivity (Wildman–Crippen MR) is 50.9 cm³/mol. The van der Waals surface area contributed by atoms with Gasteiger partial charge >= 0.3 is 0 Å². The molecule has 12 heavy (non-hydrogen) atoms. The highest BCUT2D eigenvalue weighted by Gasteiger charge is 2.07. The summed E-state index contributed by atoms with van der Waals surface area (Å²) in [6.07, 6.45) is 6.89. The van der Waals surface area contributed by atoms with Crippen LogP contribution in [0.2, 0.25) is 15.1 Å². The van der Waals surface area contributed by atoms with Crippen molar-refractivity contribution in [1.82, 2.24) is 0 Å². The molecule has 0 radical (unpaired) electrons. The fraction of sp³-hybridized carbons (Fsp3) is 0. The number of hydrogen-bond acceptors (Lipinski definition) is 1. The second-order valence-electron chi connectivity index (χ2n) is 1.92. The predicted octanol–water partition coefficient (Wildman–Crippen LogP) is 3.62. The molecule has 1 aromatic rings. The molecule has 1 rings (SSSR count). The molecule has 0 unspecified atom stereocenters. The second kappa shape index (κ2) is 3.91. The lowest BCUT2D eigenvalue weighted by Crippen LogP contribution is -1.84. The molecule has 0 aromatic heterocycles. The van der Waals surface area contributed by atoms with E-state index in [9.17, 15) is 0 Å². The lowest BCUT2D eigenvalue weighted by molar-refractivity contribution is 0.521. The van der Waals surface area contributed by atoms with E-state index in [1.54, 1.807) is 0 Å². The Morgan fingerprint density at radius 3 is 2.08 bits per heavy atom. The van der Waals surface area contributed by atoms with Crippen LogP contribution < -0.4 is 4.74 Å². The molecule has 1 aromatic carbocycles. The van der Waals surface area contributed by atoms with Crippen molar-refractivity contribution in [3.63, 3.8) is 0 Å². The minimum atomic E-state index is 0.255. The quantitative estimate of drug-likeness (QED) is 0.658. The Morgan fingerprint density at radius 2 is 1.67 bits per heavy atom. The molecular formula is C8H3Cl3O. The van der Waals surface area contributed by atoms with E-state index in [0.29, 0.717) is 15.1 Å². The molecule has 0 aliphatic rings. The van der Waals surface area contributed by atoms with Gasteiger partial charge in [0.15, 0.2) is 5.75 Å². The van der Waals surface area contributed by atoms with E-state index in [1.165, 1.54) is 12.1 Å². The van der Waals surface area contributed by atoms with Crippen LogP contribution >= 0.6 is 34.8 Å². The highest BCUT2D eigenvalue weighted by atomic mass is 35.5. The summed E-state index contributed by atoms with van der Waals surface area (Å²) in [5, 5.41) is 1.03. The first-order valence-electron chi connectivity index (χ1n) is 2.92. The van der Waals surface area contributed by atoms with Gasteiger partial charge in [-0.15, -0.1) is 0 Å². The van der Waals surface area contributed by atoms with Crippen LogP contribution in [0, 0.1) is 12.5 Å². The van der Waals surface area contributed by atoms with E-state index in [4.69, 9.17) is 46.0 Å². The van der Waals surface area contributed by atoms with E-state index in [2.05, 4.69) is 0 Å². The van der Waals surface area contributed by atoms with Crippen molar-refractivity contribution in [2.45, 2.75) is 0 Å². The van der Waals surface area contributed by atoms with Crippen molar-refractivity contribution in [2.75, 3.05) is 0 Å². The Kier molecular flexibility index (Phi) is 3.11. The van der Waals surface area contributed by atoms with Crippen LogP contribution in [0.4, 0.5) is 0 Å². The first-order valence-corrected chi connectivity index (χ1v) is 4.05. The molecule has 0 N–H and O–H groups in total. The fourth-order valence-electron chi connectivity index (χ4n) is 0.685. The van der Waals surface area contributed by atoms with Gasteiger partial charge in [-0.3, -0.25) is 0 Å². The minimum Gasteiger partial charge on any atom is -0.405 e. The Morgan fingerprint density at radius 1 is 1.17 bits per heavy atom. The van der Waals surface area contributed by atoms with Gasteiger partial charge in [0.1, 0.15) is 6.11 Å². The number of terminal acetylenes is 1. The highest BCUT2D eigenvalue weighted by molar-refractivity contribution is 6.40. The SMILES string of the molecule is C#COc1c(Cl)cc(Cl)cc1Cl. The highest BCUT2D eigenvalue weighted by Crippen LogP contribution is 2.35. The fourth-order valence-corrected chi connectivity index (χ4v) is 1.58. The third-order valence-electron chi connectivity index (χ3n) is 1.12. The zero-order valence-corrected chi connectivity index (χ0v) is 8.04. The molecule has 4 heteroatoms. The monoisotopic (exact) mass is 220 g/mol. The van der Waals surface area contributed by atoms with Crippen LogP contribution in [-0.2, 0) is 0 Å². The zero-order valence-electron chi connectivity index (χ0n) is 5.77. The molecule has 0 aliphatic carbocycles. The Hall–Kier alpha value is -0.550. The Bertz CT molecular complexity index is 318. The van der Waals surface area contributed by atoms with Gasteiger partial charge < -0.3 is 4.74 Å². The molecule has 0 saturated carbocycles.